The summed E-state index contributed by atoms with van der Waals surface area (Å²) in [6, 6.07) is 5.13. The normalized spacial score (nSPS) is 14.3. The second kappa shape index (κ2) is 4.81. The van der Waals surface area contributed by atoms with Gasteiger partial charge in [-0.25, -0.2) is 0 Å². The van der Waals surface area contributed by atoms with Crippen molar-refractivity contribution in [1.82, 2.24) is 0 Å². The molecule has 1 aromatic carbocycles. The first-order chi connectivity index (χ1) is 8.49. The van der Waals surface area contributed by atoms with Crippen LogP contribution in [0.3, 0.4) is 0 Å². The molecule has 6 heteroatoms. The van der Waals surface area contributed by atoms with Gasteiger partial charge in [0.05, 0.1) is 11.4 Å². The van der Waals surface area contributed by atoms with Crippen molar-refractivity contribution in [2.24, 2.45) is 5.73 Å². The zero-order valence-electron chi connectivity index (χ0n) is 9.80. The number of carbonyl (C=O) groups is 3. The van der Waals surface area contributed by atoms with Gasteiger partial charge in [0.1, 0.15) is 6.54 Å². The molecule has 18 heavy (non-hydrogen) atoms. The molecule has 2 N–H and O–H groups in total. The van der Waals surface area contributed by atoms with Gasteiger partial charge in [0, 0.05) is 10.5 Å². The second-order valence-corrected chi connectivity index (χ2v) is 4.99. The Morgan fingerprint density at radius 3 is 2.78 bits per heavy atom. The third-order valence-corrected chi connectivity index (χ3v) is 3.67. The van der Waals surface area contributed by atoms with Crippen LogP contribution in [-0.2, 0) is 9.59 Å². The largest absolute Gasteiger partial charge is 0.368 e. The number of Topliss-reactive ketones (excluding diaryl/α,β-unsaturated/α-hetero) is 1. The van der Waals surface area contributed by atoms with Gasteiger partial charge in [0.2, 0.25) is 11.8 Å². The summed E-state index contributed by atoms with van der Waals surface area (Å²) in [5.74, 6) is -0.555. The lowest BCUT2D eigenvalue weighted by Crippen LogP contribution is -2.41. The van der Waals surface area contributed by atoms with Gasteiger partial charge >= 0.3 is 0 Å². The maximum Gasteiger partial charge on any atom is 0.237 e. The van der Waals surface area contributed by atoms with E-state index in [1.54, 1.807) is 18.2 Å². The molecule has 0 saturated carbocycles. The van der Waals surface area contributed by atoms with Crippen molar-refractivity contribution in [2.45, 2.75) is 11.8 Å². The topological polar surface area (TPSA) is 80.5 Å². The zero-order chi connectivity index (χ0) is 13.3. The highest BCUT2D eigenvalue weighted by Gasteiger charge is 2.26. The van der Waals surface area contributed by atoms with Crippen LogP contribution in [0, 0.1) is 0 Å². The molecule has 0 bridgehead atoms. The smallest absolute Gasteiger partial charge is 0.237 e. The molecule has 5 nitrogen and oxygen atoms in total. The van der Waals surface area contributed by atoms with E-state index in [2.05, 4.69) is 0 Å². The molecule has 0 fully saturated rings. The standard InChI is InChI=1S/C12H12N2O3S/c1-7(15)8-2-3-10-9(4-8)14(5-11(13)16)12(17)6-18-10/h2-4H,5-6H2,1H3,(H2,13,16). The van der Waals surface area contributed by atoms with Gasteiger partial charge in [-0.3, -0.25) is 14.4 Å². The Kier molecular flexibility index (Phi) is 3.38. The van der Waals surface area contributed by atoms with E-state index < -0.39 is 5.91 Å². The number of amides is 2. The predicted molar refractivity (Wildman–Crippen MR) is 68.7 cm³/mol. The quantitative estimate of drug-likeness (QED) is 0.819. The van der Waals surface area contributed by atoms with E-state index in [1.807, 2.05) is 0 Å². The van der Waals surface area contributed by atoms with Gasteiger partial charge in [-0.05, 0) is 19.1 Å². The van der Waals surface area contributed by atoms with Crippen LogP contribution in [-0.4, -0.2) is 29.9 Å². The summed E-state index contributed by atoms with van der Waals surface area (Å²) in [6.45, 7) is 1.30. The first-order valence-corrected chi connectivity index (χ1v) is 6.34. The molecule has 2 rings (SSSR count). The molecule has 1 aliphatic rings. The number of primary amides is 1. The number of nitrogens with zero attached hydrogens (tertiary/aromatic N) is 1. The molecule has 0 atom stereocenters. The number of ketones is 1. The fourth-order valence-electron chi connectivity index (χ4n) is 1.75. The minimum atomic E-state index is -0.575. The van der Waals surface area contributed by atoms with Crippen molar-refractivity contribution >= 4 is 35.0 Å². The Bertz CT molecular complexity index is 542. The summed E-state index contributed by atoms with van der Waals surface area (Å²) in [7, 11) is 0. The summed E-state index contributed by atoms with van der Waals surface area (Å²) in [4.78, 5) is 36.3. The number of fused-ring (bicyclic) bond motifs is 1. The Hall–Kier alpha value is -1.82. The summed E-state index contributed by atoms with van der Waals surface area (Å²) in [5.41, 5.74) is 6.23. The number of rotatable bonds is 3. The van der Waals surface area contributed by atoms with E-state index >= 15 is 0 Å². The average Bonchev–Trinajstić information content (AvgIpc) is 2.31. The molecule has 1 heterocycles. The van der Waals surface area contributed by atoms with Crippen LogP contribution in [0.5, 0.6) is 0 Å². The van der Waals surface area contributed by atoms with Crippen molar-refractivity contribution in [3.8, 4) is 0 Å². The van der Waals surface area contributed by atoms with E-state index in [4.69, 9.17) is 5.73 Å². The van der Waals surface area contributed by atoms with E-state index in [1.165, 1.54) is 23.6 Å². The van der Waals surface area contributed by atoms with Crippen molar-refractivity contribution in [3.63, 3.8) is 0 Å². The molecule has 94 valence electrons. The lowest BCUT2D eigenvalue weighted by Gasteiger charge is -2.28. The minimum absolute atomic E-state index is 0.0835. The SMILES string of the molecule is CC(=O)c1ccc2c(c1)N(CC(N)=O)C(=O)CS2. The fourth-order valence-corrected chi connectivity index (χ4v) is 2.67. The van der Waals surface area contributed by atoms with E-state index in [9.17, 15) is 14.4 Å². The molecule has 2 amide bonds. The third kappa shape index (κ3) is 2.38. The van der Waals surface area contributed by atoms with Crippen LogP contribution >= 0.6 is 11.8 Å². The highest BCUT2D eigenvalue weighted by atomic mass is 32.2. The number of anilines is 1. The van der Waals surface area contributed by atoms with Crippen LogP contribution in [0.1, 0.15) is 17.3 Å². The number of thioether (sulfide) groups is 1. The number of hydrogen-bond donors (Lipinski definition) is 1. The molecule has 0 spiro atoms. The van der Waals surface area contributed by atoms with Crippen LogP contribution < -0.4 is 10.6 Å². The molecule has 0 aromatic heterocycles. The highest BCUT2D eigenvalue weighted by molar-refractivity contribution is 8.00. The van der Waals surface area contributed by atoms with Crippen molar-refractivity contribution in [1.29, 1.82) is 0 Å². The monoisotopic (exact) mass is 264 g/mol. The number of benzene rings is 1. The summed E-state index contributed by atoms with van der Waals surface area (Å²) in [6.07, 6.45) is 0. The maximum atomic E-state index is 11.8. The molecule has 0 saturated heterocycles. The van der Waals surface area contributed by atoms with Gasteiger partial charge in [0.15, 0.2) is 5.78 Å². The summed E-state index contributed by atoms with van der Waals surface area (Å²) < 4.78 is 0. The van der Waals surface area contributed by atoms with Gasteiger partial charge in [-0.15, -0.1) is 11.8 Å². The Labute approximate surface area is 108 Å². The first-order valence-electron chi connectivity index (χ1n) is 5.35. The number of hydrogen-bond acceptors (Lipinski definition) is 4. The molecule has 0 aliphatic carbocycles. The minimum Gasteiger partial charge on any atom is -0.368 e. The summed E-state index contributed by atoms with van der Waals surface area (Å²) >= 11 is 1.39. The summed E-state index contributed by atoms with van der Waals surface area (Å²) in [5, 5.41) is 0. The van der Waals surface area contributed by atoms with Gasteiger partial charge < -0.3 is 10.6 Å². The van der Waals surface area contributed by atoms with E-state index in [0.717, 1.165) is 4.90 Å². The molecular weight excluding hydrogens is 252 g/mol. The molecule has 0 radical (unpaired) electrons. The highest BCUT2D eigenvalue weighted by Crippen LogP contribution is 2.35. The molecular formula is C12H12N2O3S. The van der Waals surface area contributed by atoms with Gasteiger partial charge in [0.25, 0.3) is 0 Å². The molecule has 1 aliphatic heterocycles. The number of nitrogens with two attached hydrogens (primary N) is 1. The molecule has 0 unspecified atom stereocenters. The lowest BCUT2D eigenvalue weighted by atomic mass is 10.1. The second-order valence-electron chi connectivity index (χ2n) is 3.97. The lowest BCUT2D eigenvalue weighted by molar-refractivity contribution is -0.121. The van der Waals surface area contributed by atoms with Crippen molar-refractivity contribution < 1.29 is 14.4 Å². The van der Waals surface area contributed by atoms with E-state index in [-0.39, 0.29) is 24.0 Å². The average molecular weight is 264 g/mol. The first kappa shape index (κ1) is 12.6. The van der Waals surface area contributed by atoms with Crippen LogP contribution in [0.2, 0.25) is 0 Å². The Morgan fingerprint density at radius 2 is 2.17 bits per heavy atom. The van der Waals surface area contributed by atoms with Crippen molar-refractivity contribution in [3.05, 3.63) is 23.8 Å². The van der Waals surface area contributed by atoms with Crippen LogP contribution in [0.4, 0.5) is 5.69 Å². The number of carbonyl (C=O) groups excluding carboxylic acids is 3. The Balaban J connectivity index is 2.46. The molecule has 1 aromatic rings. The van der Waals surface area contributed by atoms with Gasteiger partial charge in [-0.2, -0.15) is 0 Å². The fraction of sp³-hybridized carbons (Fsp3) is 0.250. The van der Waals surface area contributed by atoms with Crippen molar-refractivity contribution in [2.75, 3.05) is 17.2 Å². The Morgan fingerprint density at radius 1 is 1.44 bits per heavy atom. The van der Waals surface area contributed by atoms with E-state index in [0.29, 0.717) is 11.3 Å². The van der Waals surface area contributed by atoms with Crippen LogP contribution in [0.15, 0.2) is 23.1 Å². The van der Waals surface area contributed by atoms with Gasteiger partial charge in [-0.1, -0.05) is 6.07 Å². The maximum absolute atomic E-state index is 11.8. The predicted octanol–water partition coefficient (Wildman–Crippen LogP) is 0.813. The third-order valence-electron chi connectivity index (χ3n) is 2.62. The van der Waals surface area contributed by atoms with Crippen LogP contribution in [0.25, 0.3) is 0 Å². The zero-order valence-corrected chi connectivity index (χ0v) is 10.6.